The third-order valence-electron chi connectivity index (χ3n) is 3.11. The molecule has 1 aromatic heterocycles. The van der Waals surface area contributed by atoms with Gasteiger partial charge in [-0.1, -0.05) is 35.1 Å². The van der Waals surface area contributed by atoms with Crippen molar-refractivity contribution in [3.63, 3.8) is 0 Å². The Morgan fingerprint density at radius 2 is 2.24 bits per heavy atom. The summed E-state index contributed by atoms with van der Waals surface area (Å²) in [6.07, 6.45) is 0. The SMILES string of the molecule is CCN(C)c1nc(N)c(C(=O)Nc2c(C)cccc2Cl)s1. The third-order valence-corrected chi connectivity index (χ3v) is 4.61. The molecule has 1 heterocycles. The molecular formula is C14H17ClN4OS. The molecule has 0 atom stereocenters. The van der Waals surface area contributed by atoms with Gasteiger partial charge in [0.25, 0.3) is 5.91 Å². The fraction of sp³-hybridized carbons (Fsp3) is 0.286. The minimum absolute atomic E-state index is 0.234. The zero-order chi connectivity index (χ0) is 15.6. The van der Waals surface area contributed by atoms with Crippen LogP contribution in [0.3, 0.4) is 0 Å². The zero-order valence-electron chi connectivity index (χ0n) is 12.1. The van der Waals surface area contributed by atoms with E-state index in [1.54, 1.807) is 6.07 Å². The molecule has 2 aromatic rings. The molecule has 0 bridgehead atoms. The monoisotopic (exact) mass is 324 g/mol. The van der Waals surface area contributed by atoms with Crippen LogP contribution in [0.2, 0.25) is 5.02 Å². The molecule has 0 saturated heterocycles. The molecule has 0 aliphatic heterocycles. The highest BCUT2D eigenvalue weighted by Gasteiger charge is 2.19. The van der Waals surface area contributed by atoms with Gasteiger partial charge in [-0.25, -0.2) is 4.98 Å². The van der Waals surface area contributed by atoms with Crippen LogP contribution in [0.5, 0.6) is 0 Å². The predicted octanol–water partition coefficient (Wildman–Crippen LogP) is 3.40. The van der Waals surface area contributed by atoms with Crippen LogP contribution in [0.25, 0.3) is 0 Å². The number of benzene rings is 1. The lowest BCUT2D eigenvalue weighted by molar-refractivity contribution is 0.103. The van der Waals surface area contributed by atoms with E-state index in [0.29, 0.717) is 15.6 Å². The summed E-state index contributed by atoms with van der Waals surface area (Å²) in [5.74, 6) is -0.0607. The Labute approximate surface area is 132 Å². The minimum Gasteiger partial charge on any atom is -0.382 e. The number of nitrogens with zero attached hydrogens (tertiary/aromatic N) is 2. The Morgan fingerprint density at radius 1 is 1.52 bits per heavy atom. The van der Waals surface area contributed by atoms with Crippen LogP contribution in [0, 0.1) is 6.92 Å². The van der Waals surface area contributed by atoms with Crippen LogP contribution in [-0.2, 0) is 0 Å². The summed E-state index contributed by atoms with van der Waals surface area (Å²) in [5, 5.41) is 4.02. The standard InChI is InChI=1S/C14H17ClN4OS/c1-4-19(3)14-18-12(16)11(21-14)13(20)17-10-8(2)6-5-7-9(10)15/h5-7H,4,16H2,1-3H3,(H,17,20). The summed E-state index contributed by atoms with van der Waals surface area (Å²) in [5.41, 5.74) is 7.34. The smallest absolute Gasteiger partial charge is 0.269 e. The summed E-state index contributed by atoms with van der Waals surface area (Å²) in [7, 11) is 1.90. The zero-order valence-corrected chi connectivity index (χ0v) is 13.7. The van der Waals surface area contributed by atoms with Crippen molar-refractivity contribution in [2.24, 2.45) is 0 Å². The summed E-state index contributed by atoms with van der Waals surface area (Å²) in [6, 6.07) is 5.45. The number of rotatable bonds is 4. The van der Waals surface area contributed by atoms with E-state index in [1.807, 2.05) is 37.9 Å². The van der Waals surface area contributed by atoms with Gasteiger partial charge in [-0.15, -0.1) is 0 Å². The van der Waals surface area contributed by atoms with Gasteiger partial charge in [-0.05, 0) is 25.5 Å². The first kappa shape index (κ1) is 15.6. The molecule has 3 N–H and O–H groups in total. The average Bonchev–Trinajstić information content (AvgIpc) is 2.84. The van der Waals surface area contributed by atoms with E-state index in [-0.39, 0.29) is 11.7 Å². The maximum absolute atomic E-state index is 12.4. The number of nitrogens with two attached hydrogens (primary N) is 1. The molecule has 2 rings (SSSR count). The van der Waals surface area contributed by atoms with Crippen molar-refractivity contribution in [1.82, 2.24) is 4.98 Å². The molecule has 7 heteroatoms. The number of para-hydroxylation sites is 1. The van der Waals surface area contributed by atoms with Gasteiger partial charge in [0.1, 0.15) is 10.7 Å². The molecule has 0 radical (unpaired) electrons. The fourth-order valence-electron chi connectivity index (χ4n) is 1.74. The van der Waals surface area contributed by atoms with Crippen molar-refractivity contribution in [3.05, 3.63) is 33.7 Å². The lowest BCUT2D eigenvalue weighted by Crippen LogP contribution is -2.15. The van der Waals surface area contributed by atoms with Crippen LogP contribution in [-0.4, -0.2) is 24.5 Å². The minimum atomic E-state index is -0.294. The van der Waals surface area contributed by atoms with Crippen LogP contribution in [0.15, 0.2) is 18.2 Å². The molecule has 1 aromatic carbocycles. The number of halogens is 1. The highest BCUT2D eigenvalue weighted by molar-refractivity contribution is 7.18. The van der Waals surface area contributed by atoms with E-state index >= 15 is 0 Å². The van der Waals surface area contributed by atoms with Gasteiger partial charge in [0.15, 0.2) is 5.13 Å². The molecular weight excluding hydrogens is 308 g/mol. The largest absolute Gasteiger partial charge is 0.382 e. The fourth-order valence-corrected chi connectivity index (χ4v) is 2.92. The lowest BCUT2D eigenvalue weighted by Gasteiger charge is -2.11. The summed E-state index contributed by atoms with van der Waals surface area (Å²) >= 11 is 7.38. The first-order valence-electron chi connectivity index (χ1n) is 6.48. The highest BCUT2D eigenvalue weighted by Crippen LogP contribution is 2.30. The van der Waals surface area contributed by atoms with Gasteiger partial charge in [0.2, 0.25) is 0 Å². The Hall–Kier alpha value is -1.79. The number of thiazole rings is 1. The third kappa shape index (κ3) is 3.28. The number of nitrogen functional groups attached to an aromatic ring is 1. The summed E-state index contributed by atoms with van der Waals surface area (Å²) in [6.45, 7) is 4.68. The topological polar surface area (TPSA) is 71.2 Å². The number of nitrogens with one attached hydrogen (secondary N) is 1. The summed E-state index contributed by atoms with van der Waals surface area (Å²) < 4.78 is 0. The molecule has 0 fully saturated rings. The first-order chi connectivity index (χ1) is 9.93. The molecule has 0 saturated carbocycles. The van der Waals surface area contributed by atoms with Gasteiger partial charge in [-0.2, -0.15) is 0 Å². The molecule has 112 valence electrons. The van der Waals surface area contributed by atoms with E-state index in [1.165, 1.54) is 11.3 Å². The lowest BCUT2D eigenvalue weighted by atomic mass is 10.2. The molecule has 0 unspecified atom stereocenters. The quantitative estimate of drug-likeness (QED) is 0.904. The number of hydrogen-bond acceptors (Lipinski definition) is 5. The van der Waals surface area contributed by atoms with Crippen molar-refractivity contribution >= 4 is 45.5 Å². The Balaban J connectivity index is 2.27. The van der Waals surface area contributed by atoms with Crippen molar-refractivity contribution in [2.45, 2.75) is 13.8 Å². The van der Waals surface area contributed by atoms with E-state index in [0.717, 1.165) is 17.2 Å². The summed E-state index contributed by atoms with van der Waals surface area (Å²) in [4.78, 5) is 18.9. The van der Waals surface area contributed by atoms with Crippen LogP contribution >= 0.6 is 22.9 Å². The maximum atomic E-state index is 12.4. The van der Waals surface area contributed by atoms with Crippen LogP contribution in [0.1, 0.15) is 22.2 Å². The predicted molar refractivity (Wildman–Crippen MR) is 89.6 cm³/mol. The van der Waals surface area contributed by atoms with E-state index in [9.17, 15) is 4.79 Å². The van der Waals surface area contributed by atoms with Crippen molar-refractivity contribution in [3.8, 4) is 0 Å². The number of amides is 1. The molecule has 1 amide bonds. The average molecular weight is 325 g/mol. The Morgan fingerprint density at radius 3 is 2.86 bits per heavy atom. The molecule has 0 aliphatic rings. The maximum Gasteiger partial charge on any atom is 0.269 e. The van der Waals surface area contributed by atoms with E-state index < -0.39 is 0 Å². The van der Waals surface area contributed by atoms with E-state index in [2.05, 4.69) is 10.3 Å². The molecule has 5 nitrogen and oxygen atoms in total. The van der Waals surface area contributed by atoms with Crippen molar-refractivity contribution in [1.29, 1.82) is 0 Å². The highest BCUT2D eigenvalue weighted by atomic mass is 35.5. The van der Waals surface area contributed by atoms with Gasteiger partial charge in [0, 0.05) is 13.6 Å². The van der Waals surface area contributed by atoms with Gasteiger partial charge >= 0.3 is 0 Å². The second kappa shape index (κ2) is 6.32. The second-order valence-corrected chi connectivity index (χ2v) is 6.00. The number of carbonyl (C=O) groups excluding carboxylic acids is 1. The normalized spacial score (nSPS) is 10.5. The van der Waals surface area contributed by atoms with Gasteiger partial charge in [0.05, 0.1) is 10.7 Å². The van der Waals surface area contributed by atoms with E-state index in [4.69, 9.17) is 17.3 Å². The van der Waals surface area contributed by atoms with Crippen molar-refractivity contribution in [2.75, 3.05) is 29.5 Å². The number of anilines is 3. The van der Waals surface area contributed by atoms with Crippen molar-refractivity contribution < 1.29 is 4.79 Å². The molecule has 21 heavy (non-hydrogen) atoms. The van der Waals surface area contributed by atoms with Gasteiger partial charge < -0.3 is 16.0 Å². The Kier molecular flexibility index (Phi) is 4.69. The van der Waals surface area contributed by atoms with Crippen LogP contribution in [0.4, 0.5) is 16.6 Å². The molecule has 0 spiro atoms. The second-order valence-electron chi connectivity index (χ2n) is 4.61. The Bertz CT molecular complexity index is 651. The van der Waals surface area contributed by atoms with Gasteiger partial charge in [-0.3, -0.25) is 4.79 Å². The molecule has 0 aliphatic carbocycles. The number of hydrogen-bond donors (Lipinski definition) is 2. The number of aromatic nitrogens is 1. The van der Waals surface area contributed by atoms with Crippen LogP contribution < -0.4 is 16.0 Å². The number of carbonyl (C=O) groups is 1. The first-order valence-corrected chi connectivity index (χ1v) is 7.67. The number of aryl methyl sites for hydroxylation is 1.